The third kappa shape index (κ3) is 1.95. The van der Waals surface area contributed by atoms with E-state index in [9.17, 15) is 4.79 Å². The summed E-state index contributed by atoms with van der Waals surface area (Å²) in [7, 11) is 0. The Morgan fingerprint density at radius 3 is 3.05 bits per heavy atom. The fourth-order valence-electron chi connectivity index (χ4n) is 3.56. The maximum absolute atomic E-state index is 12.4. The van der Waals surface area contributed by atoms with Gasteiger partial charge in [-0.3, -0.25) is 9.55 Å². The molecule has 4 rings (SSSR count). The molecule has 0 saturated carbocycles. The molecule has 0 bridgehead atoms. The summed E-state index contributed by atoms with van der Waals surface area (Å²) < 4.78 is 1.48. The first-order chi connectivity index (χ1) is 10.2. The maximum atomic E-state index is 12.4. The number of nitrogens with zero attached hydrogens (tertiary/aromatic N) is 3. The van der Waals surface area contributed by atoms with Gasteiger partial charge in [0, 0.05) is 29.3 Å². The molecule has 108 valence electrons. The van der Waals surface area contributed by atoms with Crippen molar-refractivity contribution in [2.45, 2.75) is 44.9 Å². The second kappa shape index (κ2) is 4.69. The van der Waals surface area contributed by atoms with Crippen LogP contribution in [-0.2, 0) is 19.3 Å². The molecule has 2 heterocycles. The summed E-state index contributed by atoms with van der Waals surface area (Å²) >= 11 is 0. The third-order valence-corrected chi connectivity index (χ3v) is 4.62. The van der Waals surface area contributed by atoms with Gasteiger partial charge in [0.25, 0.3) is 0 Å². The summed E-state index contributed by atoms with van der Waals surface area (Å²) in [5, 5.41) is 3.12. The number of imidazole rings is 1. The van der Waals surface area contributed by atoms with Gasteiger partial charge in [0.15, 0.2) is 0 Å². The van der Waals surface area contributed by atoms with E-state index in [-0.39, 0.29) is 6.03 Å². The second-order valence-electron chi connectivity index (χ2n) is 5.97. The zero-order chi connectivity index (χ0) is 14.4. The van der Waals surface area contributed by atoms with E-state index in [4.69, 9.17) is 4.98 Å². The van der Waals surface area contributed by atoms with Gasteiger partial charge in [-0.25, -0.2) is 9.78 Å². The van der Waals surface area contributed by atoms with Crippen LogP contribution in [-0.4, -0.2) is 20.6 Å². The molecule has 5 nitrogen and oxygen atoms in total. The molecule has 0 spiro atoms. The Bertz CT molecular complexity index is 706. The van der Waals surface area contributed by atoms with Gasteiger partial charge in [-0.05, 0) is 43.6 Å². The van der Waals surface area contributed by atoms with E-state index < -0.39 is 0 Å². The quantitative estimate of drug-likeness (QED) is 0.875. The van der Waals surface area contributed by atoms with Crippen LogP contribution in [0.4, 0.5) is 10.5 Å². The fourth-order valence-corrected chi connectivity index (χ4v) is 3.56. The zero-order valence-electron chi connectivity index (χ0n) is 12.1. The third-order valence-electron chi connectivity index (χ3n) is 4.62. The van der Waals surface area contributed by atoms with E-state index in [2.05, 4.69) is 17.2 Å². The van der Waals surface area contributed by atoms with Crippen molar-refractivity contribution in [1.82, 2.24) is 14.5 Å². The Morgan fingerprint density at radius 1 is 1.33 bits per heavy atom. The highest BCUT2D eigenvalue weighted by atomic mass is 16.2. The van der Waals surface area contributed by atoms with Crippen molar-refractivity contribution in [3.8, 4) is 0 Å². The van der Waals surface area contributed by atoms with Crippen molar-refractivity contribution in [2.24, 2.45) is 0 Å². The van der Waals surface area contributed by atoms with Gasteiger partial charge >= 0.3 is 6.03 Å². The summed E-state index contributed by atoms with van der Waals surface area (Å²) in [5.74, 6) is 0.469. The summed E-state index contributed by atoms with van der Waals surface area (Å²) in [5.41, 5.74) is 5.89. The van der Waals surface area contributed by atoms with E-state index in [1.807, 2.05) is 0 Å². The van der Waals surface area contributed by atoms with Crippen LogP contribution in [0.2, 0.25) is 0 Å². The number of carbonyl (C=O) groups excluding carboxylic acids is 1. The Balaban J connectivity index is 1.79. The lowest BCUT2D eigenvalue weighted by Crippen LogP contribution is -2.20. The average molecular weight is 282 g/mol. The lowest BCUT2D eigenvalue weighted by atomic mass is 9.99. The molecule has 0 saturated heterocycles. The van der Waals surface area contributed by atoms with Crippen LogP contribution >= 0.6 is 0 Å². The van der Waals surface area contributed by atoms with Gasteiger partial charge in [0.2, 0.25) is 0 Å². The van der Waals surface area contributed by atoms with Crippen LogP contribution in [0.5, 0.6) is 0 Å². The van der Waals surface area contributed by atoms with Crippen LogP contribution < -0.4 is 5.32 Å². The van der Waals surface area contributed by atoms with Gasteiger partial charge < -0.3 is 5.32 Å². The molecule has 2 aromatic rings. The standard InChI is InChI=1S/C16H18N4O/c1-10-5-6-13-14(10)15(11-3-2-4-12(11)18-13)19-16(21)20-8-7-17-9-20/h7-10H,2-6H2,1H3,(H,18,19,21). The first kappa shape index (κ1) is 12.6. The van der Waals surface area contributed by atoms with Crippen LogP contribution in [0.1, 0.15) is 48.2 Å². The van der Waals surface area contributed by atoms with Crippen LogP contribution in [0, 0.1) is 0 Å². The largest absolute Gasteiger partial charge is 0.331 e. The van der Waals surface area contributed by atoms with E-state index in [0.29, 0.717) is 5.92 Å². The number of aryl methyl sites for hydroxylation is 2. The van der Waals surface area contributed by atoms with Gasteiger partial charge in [-0.2, -0.15) is 0 Å². The monoisotopic (exact) mass is 282 g/mol. The Morgan fingerprint density at radius 2 is 2.24 bits per heavy atom. The molecule has 21 heavy (non-hydrogen) atoms. The summed E-state index contributed by atoms with van der Waals surface area (Å²) in [6.45, 7) is 2.22. The Labute approximate surface area is 123 Å². The van der Waals surface area contributed by atoms with Crippen molar-refractivity contribution in [2.75, 3.05) is 5.32 Å². The second-order valence-corrected chi connectivity index (χ2v) is 5.97. The molecule has 0 aliphatic heterocycles. The minimum Gasteiger partial charge on any atom is -0.307 e. The number of aromatic nitrogens is 3. The molecule has 5 heteroatoms. The molecular weight excluding hydrogens is 264 g/mol. The number of fused-ring (bicyclic) bond motifs is 2. The number of nitrogens with one attached hydrogen (secondary N) is 1. The normalized spacial score (nSPS) is 19.4. The smallest absolute Gasteiger partial charge is 0.307 e. The summed E-state index contributed by atoms with van der Waals surface area (Å²) in [6.07, 6.45) is 10.1. The lowest BCUT2D eigenvalue weighted by Gasteiger charge is -2.17. The molecule has 0 aromatic carbocycles. The number of rotatable bonds is 1. The van der Waals surface area contributed by atoms with Gasteiger partial charge in [0.05, 0.1) is 5.69 Å². The predicted octanol–water partition coefficient (Wildman–Crippen LogP) is 2.90. The topological polar surface area (TPSA) is 59.8 Å². The zero-order valence-corrected chi connectivity index (χ0v) is 12.1. The van der Waals surface area contributed by atoms with Crippen molar-refractivity contribution in [3.63, 3.8) is 0 Å². The predicted molar refractivity (Wildman–Crippen MR) is 79.6 cm³/mol. The molecule has 2 aliphatic rings. The number of pyridine rings is 1. The minimum atomic E-state index is -0.144. The van der Waals surface area contributed by atoms with Gasteiger partial charge in [-0.15, -0.1) is 0 Å². The van der Waals surface area contributed by atoms with E-state index in [1.54, 1.807) is 12.4 Å². The number of anilines is 1. The average Bonchev–Trinajstić information content (AvgIpc) is 3.19. The molecule has 1 N–H and O–H groups in total. The van der Waals surface area contributed by atoms with Gasteiger partial charge in [-0.1, -0.05) is 6.92 Å². The van der Waals surface area contributed by atoms with Crippen molar-refractivity contribution < 1.29 is 4.79 Å². The Kier molecular flexibility index (Phi) is 2.80. The van der Waals surface area contributed by atoms with Crippen LogP contribution in [0.15, 0.2) is 18.7 Å². The van der Waals surface area contributed by atoms with Crippen LogP contribution in [0.3, 0.4) is 0 Å². The summed E-state index contributed by atoms with van der Waals surface area (Å²) in [4.78, 5) is 21.2. The molecule has 1 amide bonds. The molecule has 1 atom stereocenters. The SMILES string of the molecule is CC1CCc2nc3c(c(NC(=O)n4ccnc4)c21)CCC3. The molecule has 0 radical (unpaired) electrons. The van der Waals surface area contributed by atoms with E-state index >= 15 is 0 Å². The maximum Gasteiger partial charge on any atom is 0.331 e. The lowest BCUT2D eigenvalue weighted by molar-refractivity contribution is 0.253. The highest BCUT2D eigenvalue weighted by Gasteiger charge is 2.30. The minimum absolute atomic E-state index is 0.144. The van der Waals surface area contributed by atoms with Gasteiger partial charge in [0.1, 0.15) is 6.33 Å². The molecule has 0 fully saturated rings. The fraction of sp³-hybridized carbons (Fsp3) is 0.438. The number of hydrogen-bond acceptors (Lipinski definition) is 3. The van der Waals surface area contributed by atoms with Crippen molar-refractivity contribution in [1.29, 1.82) is 0 Å². The number of carbonyl (C=O) groups is 1. The molecule has 2 aliphatic carbocycles. The van der Waals surface area contributed by atoms with Crippen molar-refractivity contribution >= 4 is 11.7 Å². The highest BCUT2D eigenvalue weighted by Crippen LogP contribution is 2.42. The Hall–Kier alpha value is -2.17. The number of hydrogen-bond donors (Lipinski definition) is 1. The van der Waals surface area contributed by atoms with E-state index in [1.165, 1.54) is 33.4 Å². The summed E-state index contributed by atoms with van der Waals surface area (Å²) in [6, 6.07) is -0.144. The molecular formula is C16H18N4O. The molecule has 2 aromatic heterocycles. The molecule has 1 unspecified atom stereocenters. The van der Waals surface area contributed by atoms with Crippen LogP contribution in [0.25, 0.3) is 0 Å². The van der Waals surface area contributed by atoms with Crippen molar-refractivity contribution in [3.05, 3.63) is 41.2 Å². The first-order valence-corrected chi connectivity index (χ1v) is 7.58. The number of amides is 1. The van der Waals surface area contributed by atoms with E-state index in [0.717, 1.165) is 37.8 Å². The highest BCUT2D eigenvalue weighted by molar-refractivity contribution is 5.93. The first-order valence-electron chi connectivity index (χ1n) is 7.58.